The second kappa shape index (κ2) is 8.01. The number of anilines is 1. The Bertz CT molecular complexity index is 569. The number of alkyl halides is 1. The minimum atomic E-state index is 0.00299. The molecule has 0 amide bonds. The standard InChI is InChI=1S/C17H19ClN2S/c1-13-7-9-14(10-8-13)11-15(18)12-19-17(21)20-16-5-3-2-4-6-16/h2-10,15H,11-12H2,1H3,(H2,19,20,21). The molecule has 110 valence electrons. The lowest BCUT2D eigenvalue weighted by atomic mass is 10.1. The predicted octanol–water partition coefficient (Wildman–Crippen LogP) is 4.13. The zero-order valence-corrected chi connectivity index (χ0v) is 13.5. The van der Waals surface area contributed by atoms with Gasteiger partial charge in [0.05, 0.1) is 5.38 Å². The number of rotatable bonds is 5. The molecule has 0 aliphatic rings. The molecule has 0 spiro atoms. The molecule has 1 atom stereocenters. The van der Waals surface area contributed by atoms with Crippen molar-refractivity contribution in [1.82, 2.24) is 5.32 Å². The van der Waals surface area contributed by atoms with Crippen LogP contribution in [0.3, 0.4) is 0 Å². The third-order valence-corrected chi connectivity index (χ3v) is 3.65. The van der Waals surface area contributed by atoms with E-state index in [1.807, 2.05) is 30.3 Å². The summed E-state index contributed by atoms with van der Waals surface area (Å²) in [6, 6.07) is 18.3. The van der Waals surface area contributed by atoms with Crippen molar-refractivity contribution in [3.63, 3.8) is 0 Å². The number of aryl methyl sites for hydroxylation is 1. The lowest BCUT2D eigenvalue weighted by Gasteiger charge is -2.14. The number of hydrogen-bond donors (Lipinski definition) is 2. The number of halogens is 1. The Morgan fingerprint density at radius 3 is 2.43 bits per heavy atom. The molecule has 0 saturated carbocycles. The fourth-order valence-electron chi connectivity index (χ4n) is 1.95. The van der Waals surface area contributed by atoms with Crippen LogP contribution in [0.4, 0.5) is 5.69 Å². The van der Waals surface area contributed by atoms with Crippen molar-refractivity contribution >= 4 is 34.6 Å². The topological polar surface area (TPSA) is 24.1 Å². The molecule has 0 aliphatic carbocycles. The van der Waals surface area contributed by atoms with Gasteiger partial charge in [-0.1, -0.05) is 48.0 Å². The van der Waals surface area contributed by atoms with Gasteiger partial charge in [0, 0.05) is 12.2 Å². The number of para-hydroxylation sites is 1. The fourth-order valence-corrected chi connectivity index (χ4v) is 2.41. The van der Waals surface area contributed by atoms with Gasteiger partial charge in [-0.25, -0.2) is 0 Å². The Hall–Kier alpha value is -1.58. The van der Waals surface area contributed by atoms with E-state index in [1.54, 1.807) is 0 Å². The molecule has 1 unspecified atom stereocenters. The highest BCUT2D eigenvalue weighted by atomic mass is 35.5. The first-order chi connectivity index (χ1) is 10.1. The van der Waals surface area contributed by atoms with Crippen LogP contribution in [0.25, 0.3) is 0 Å². The Balaban J connectivity index is 1.74. The SMILES string of the molecule is Cc1ccc(CC(Cl)CNC(=S)Nc2ccccc2)cc1. The maximum absolute atomic E-state index is 6.35. The quantitative estimate of drug-likeness (QED) is 0.640. The summed E-state index contributed by atoms with van der Waals surface area (Å²) in [4.78, 5) is 0. The minimum Gasteiger partial charge on any atom is -0.361 e. The van der Waals surface area contributed by atoms with Crippen LogP contribution < -0.4 is 10.6 Å². The number of benzene rings is 2. The van der Waals surface area contributed by atoms with Crippen LogP contribution >= 0.6 is 23.8 Å². The Kier molecular flexibility index (Phi) is 6.03. The summed E-state index contributed by atoms with van der Waals surface area (Å²) in [5.41, 5.74) is 3.47. The van der Waals surface area contributed by atoms with E-state index in [2.05, 4.69) is 41.8 Å². The van der Waals surface area contributed by atoms with Crippen molar-refractivity contribution in [2.75, 3.05) is 11.9 Å². The zero-order chi connectivity index (χ0) is 15.1. The molecule has 2 aromatic rings. The summed E-state index contributed by atoms with van der Waals surface area (Å²) in [6.07, 6.45) is 0.822. The summed E-state index contributed by atoms with van der Waals surface area (Å²) in [5, 5.41) is 6.88. The molecule has 2 aromatic carbocycles. The maximum atomic E-state index is 6.35. The first-order valence-corrected chi connectivity index (χ1v) is 7.77. The van der Waals surface area contributed by atoms with E-state index in [-0.39, 0.29) is 5.38 Å². The highest BCUT2D eigenvalue weighted by Gasteiger charge is 2.07. The van der Waals surface area contributed by atoms with Crippen LogP contribution in [-0.4, -0.2) is 17.0 Å². The molecule has 0 heterocycles. The summed E-state index contributed by atoms with van der Waals surface area (Å²) < 4.78 is 0. The Morgan fingerprint density at radius 2 is 1.76 bits per heavy atom. The van der Waals surface area contributed by atoms with Gasteiger partial charge in [-0.15, -0.1) is 11.6 Å². The van der Waals surface area contributed by atoms with Crippen LogP contribution in [0.15, 0.2) is 54.6 Å². The van der Waals surface area contributed by atoms with Crippen LogP contribution in [0.1, 0.15) is 11.1 Å². The van der Waals surface area contributed by atoms with E-state index < -0.39 is 0 Å². The van der Waals surface area contributed by atoms with Crippen molar-refractivity contribution < 1.29 is 0 Å². The summed E-state index contributed by atoms with van der Waals surface area (Å²) in [5.74, 6) is 0. The van der Waals surface area contributed by atoms with Gasteiger partial charge in [0.25, 0.3) is 0 Å². The molecule has 0 aliphatic heterocycles. The van der Waals surface area contributed by atoms with Gasteiger partial charge < -0.3 is 10.6 Å². The van der Waals surface area contributed by atoms with Gasteiger partial charge in [0.15, 0.2) is 5.11 Å². The van der Waals surface area contributed by atoms with E-state index >= 15 is 0 Å². The first kappa shape index (κ1) is 15.8. The third-order valence-electron chi connectivity index (χ3n) is 3.09. The molecule has 0 aromatic heterocycles. The van der Waals surface area contributed by atoms with Gasteiger partial charge >= 0.3 is 0 Å². The molecule has 4 heteroatoms. The molecule has 0 saturated heterocycles. The Labute approximate surface area is 136 Å². The van der Waals surface area contributed by atoms with Crippen molar-refractivity contribution in [3.8, 4) is 0 Å². The molecular weight excluding hydrogens is 300 g/mol. The highest BCUT2D eigenvalue weighted by Crippen LogP contribution is 2.09. The van der Waals surface area contributed by atoms with Crippen LogP contribution in [0, 0.1) is 6.92 Å². The molecular formula is C17H19ClN2S. The van der Waals surface area contributed by atoms with E-state index in [9.17, 15) is 0 Å². The second-order valence-electron chi connectivity index (χ2n) is 4.99. The molecule has 0 fully saturated rings. The normalized spacial score (nSPS) is 11.7. The van der Waals surface area contributed by atoms with Gasteiger partial charge in [0.1, 0.15) is 0 Å². The van der Waals surface area contributed by atoms with Crippen molar-refractivity contribution in [2.45, 2.75) is 18.7 Å². The third kappa shape index (κ3) is 5.74. The zero-order valence-electron chi connectivity index (χ0n) is 12.0. The first-order valence-electron chi connectivity index (χ1n) is 6.93. The van der Waals surface area contributed by atoms with Gasteiger partial charge in [-0.2, -0.15) is 0 Å². The molecule has 21 heavy (non-hydrogen) atoms. The molecule has 0 radical (unpaired) electrons. The largest absolute Gasteiger partial charge is 0.361 e. The number of nitrogens with one attached hydrogen (secondary N) is 2. The average molecular weight is 319 g/mol. The second-order valence-corrected chi connectivity index (χ2v) is 6.01. The molecule has 0 bridgehead atoms. The fraction of sp³-hybridized carbons (Fsp3) is 0.235. The van der Waals surface area contributed by atoms with Crippen LogP contribution in [0.2, 0.25) is 0 Å². The minimum absolute atomic E-state index is 0.00299. The van der Waals surface area contributed by atoms with Crippen molar-refractivity contribution in [1.29, 1.82) is 0 Å². The van der Waals surface area contributed by atoms with Crippen LogP contribution in [-0.2, 0) is 6.42 Å². The monoisotopic (exact) mass is 318 g/mol. The summed E-state index contributed by atoms with van der Waals surface area (Å²) >= 11 is 11.6. The lowest BCUT2D eigenvalue weighted by Crippen LogP contribution is -2.33. The number of hydrogen-bond acceptors (Lipinski definition) is 1. The summed E-state index contributed by atoms with van der Waals surface area (Å²) in [6.45, 7) is 2.71. The molecule has 2 N–H and O–H groups in total. The van der Waals surface area contributed by atoms with E-state index in [4.69, 9.17) is 23.8 Å². The van der Waals surface area contributed by atoms with Crippen molar-refractivity contribution in [3.05, 3.63) is 65.7 Å². The van der Waals surface area contributed by atoms with Crippen LogP contribution in [0.5, 0.6) is 0 Å². The lowest BCUT2D eigenvalue weighted by molar-refractivity contribution is 0.786. The van der Waals surface area contributed by atoms with E-state index in [0.29, 0.717) is 11.7 Å². The average Bonchev–Trinajstić information content (AvgIpc) is 2.49. The number of thiocarbonyl (C=S) groups is 1. The van der Waals surface area contributed by atoms with Gasteiger partial charge in [0.2, 0.25) is 0 Å². The van der Waals surface area contributed by atoms with Gasteiger partial charge in [-0.3, -0.25) is 0 Å². The summed E-state index contributed by atoms with van der Waals surface area (Å²) in [7, 11) is 0. The van der Waals surface area contributed by atoms with Gasteiger partial charge in [-0.05, 0) is 43.3 Å². The van der Waals surface area contributed by atoms with E-state index in [0.717, 1.165) is 12.1 Å². The van der Waals surface area contributed by atoms with E-state index in [1.165, 1.54) is 11.1 Å². The van der Waals surface area contributed by atoms with Crippen molar-refractivity contribution in [2.24, 2.45) is 0 Å². The molecule has 2 rings (SSSR count). The predicted molar refractivity (Wildman–Crippen MR) is 95.2 cm³/mol. The molecule has 2 nitrogen and oxygen atoms in total. The Morgan fingerprint density at radius 1 is 1.10 bits per heavy atom. The smallest absolute Gasteiger partial charge is 0.170 e. The maximum Gasteiger partial charge on any atom is 0.170 e. The highest BCUT2D eigenvalue weighted by molar-refractivity contribution is 7.80.